The molecule has 1 aromatic rings. The molecule has 0 amide bonds. The van der Waals surface area contributed by atoms with Gasteiger partial charge < -0.3 is 15.9 Å². The second-order valence-corrected chi connectivity index (χ2v) is 4.12. The molecule has 0 aromatic heterocycles. The van der Waals surface area contributed by atoms with Gasteiger partial charge in [0.2, 0.25) is 0 Å². The zero-order valence-corrected chi connectivity index (χ0v) is 9.73. The summed E-state index contributed by atoms with van der Waals surface area (Å²) >= 11 is 3.30. The second-order valence-electron chi connectivity index (χ2n) is 3.26. The zero-order chi connectivity index (χ0) is 11.6. The molecule has 4 nitrogen and oxygen atoms in total. The van der Waals surface area contributed by atoms with Crippen LogP contribution in [0.15, 0.2) is 22.7 Å². The van der Waals surface area contributed by atoms with Crippen molar-refractivity contribution >= 4 is 21.9 Å². The Morgan fingerprint density at radius 2 is 2.13 bits per heavy atom. The first-order chi connectivity index (χ1) is 6.95. The molecule has 0 aliphatic rings. The highest BCUT2D eigenvalue weighted by Gasteiger charge is 2.24. The van der Waals surface area contributed by atoms with E-state index < -0.39 is 18.1 Å². The lowest BCUT2D eigenvalue weighted by Crippen LogP contribution is -2.36. The van der Waals surface area contributed by atoms with E-state index >= 15 is 0 Å². The van der Waals surface area contributed by atoms with Crippen LogP contribution in [0.1, 0.15) is 17.2 Å². The average molecular weight is 274 g/mol. The maximum absolute atomic E-state index is 10.6. The third kappa shape index (κ3) is 2.56. The van der Waals surface area contributed by atoms with E-state index in [1.807, 2.05) is 6.07 Å². The predicted molar refractivity (Wildman–Crippen MR) is 59.5 cm³/mol. The quantitative estimate of drug-likeness (QED) is 0.773. The number of aliphatic hydroxyl groups excluding tert-OH is 1. The summed E-state index contributed by atoms with van der Waals surface area (Å²) < 4.78 is 0.816. The topological polar surface area (TPSA) is 83.5 Å². The fourth-order valence-electron chi connectivity index (χ4n) is 1.27. The monoisotopic (exact) mass is 273 g/mol. The van der Waals surface area contributed by atoms with Crippen LogP contribution < -0.4 is 5.73 Å². The Morgan fingerprint density at radius 1 is 1.53 bits per heavy atom. The fraction of sp³-hybridized carbons (Fsp3) is 0.300. The van der Waals surface area contributed by atoms with E-state index in [0.29, 0.717) is 5.56 Å². The Balaban J connectivity index is 3.06. The van der Waals surface area contributed by atoms with Gasteiger partial charge in [-0.25, -0.2) is 0 Å². The molecule has 0 aliphatic carbocycles. The Labute approximate surface area is 95.8 Å². The molecular weight excluding hydrogens is 262 g/mol. The number of nitrogens with two attached hydrogens (primary N) is 1. The second kappa shape index (κ2) is 4.74. The van der Waals surface area contributed by atoms with Gasteiger partial charge in [-0.1, -0.05) is 28.1 Å². The van der Waals surface area contributed by atoms with Crippen LogP contribution in [0.25, 0.3) is 0 Å². The van der Waals surface area contributed by atoms with Crippen molar-refractivity contribution in [3.05, 3.63) is 33.8 Å². The maximum Gasteiger partial charge on any atom is 0.323 e. The van der Waals surface area contributed by atoms with E-state index in [0.717, 1.165) is 10.0 Å². The summed E-state index contributed by atoms with van der Waals surface area (Å²) in [5.74, 6) is -1.22. The summed E-state index contributed by atoms with van der Waals surface area (Å²) in [6, 6.07) is 3.90. The van der Waals surface area contributed by atoms with E-state index in [4.69, 9.17) is 10.8 Å². The SMILES string of the molecule is Cc1c(Br)cccc1C(O)C(N)C(=O)O. The molecule has 5 heteroatoms. The molecule has 15 heavy (non-hydrogen) atoms. The Hall–Kier alpha value is -0.910. The molecule has 82 valence electrons. The molecule has 0 spiro atoms. The molecule has 0 heterocycles. The standard InChI is InChI=1S/C10H12BrNO3/c1-5-6(3-2-4-7(5)11)9(13)8(12)10(14)15/h2-4,8-9,13H,12H2,1H3,(H,14,15). The summed E-state index contributed by atoms with van der Waals surface area (Å²) in [7, 11) is 0. The first-order valence-corrected chi connectivity index (χ1v) is 5.16. The van der Waals surface area contributed by atoms with Crippen LogP contribution in [-0.4, -0.2) is 22.2 Å². The third-order valence-corrected chi connectivity index (χ3v) is 3.11. The van der Waals surface area contributed by atoms with Gasteiger partial charge in [0.15, 0.2) is 0 Å². The van der Waals surface area contributed by atoms with Crippen LogP contribution >= 0.6 is 15.9 Å². The molecule has 0 bridgehead atoms. The minimum absolute atomic E-state index is 0.527. The van der Waals surface area contributed by atoms with Crippen LogP contribution in [-0.2, 0) is 4.79 Å². The van der Waals surface area contributed by atoms with Crippen LogP contribution in [0.3, 0.4) is 0 Å². The number of benzene rings is 1. The van der Waals surface area contributed by atoms with Crippen molar-refractivity contribution in [3.63, 3.8) is 0 Å². The number of carboxylic acids is 1. The Bertz CT molecular complexity index is 381. The predicted octanol–water partition coefficient (Wildman–Crippen LogP) is 1.20. The van der Waals surface area contributed by atoms with Crippen molar-refractivity contribution in [2.45, 2.75) is 19.1 Å². The number of hydrogen-bond acceptors (Lipinski definition) is 3. The number of aliphatic carboxylic acids is 1. The fourth-order valence-corrected chi connectivity index (χ4v) is 1.65. The van der Waals surface area contributed by atoms with Crippen molar-refractivity contribution in [2.24, 2.45) is 5.73 Å². The van der Waals surface area contributed by atoms with Crippen LogP contribution in [0, 0.1) is 6.92 Å². The number of carboxylic acid groups (broad SMARTS) is 1. The molecule has 0 saturated carbocycles. The third-order valence-electron chi connectivity index (χ3n) is 2.25. The van der Waals surface area contributed by atoms with Gasteiger partial charge in [0.1, 0.15) is 12.1 Å². The van der Waals surface area contributed by atoms with Crippen molar-refractivity contribution < 1.29 is 15.0 Å². The number of aliphatic hydroxyl groups is 1. The highest BCUT2D eigenvalue weighted by Crippen LogP contribution is 2.25. The first kappa shape index (κ1) is 12.2. The lowest BCUT2D eigenvalue weighted by Gasteiger charge is -2.17. The van der Waals surface area contributed by atoms with E-state index in [1.54, 1.807) is 19.1 Å². The van der Waals surface area contributed by atoms with Crippen molar-refractivity contribution in [1.82, 2.24) is 0 Å². The van der Waals surface area contributed by atoms with Crippen LogP contribution in [0.4, 0.5) is 0 Å². The molecule has 0 fully saturated rings. The summed E-state index contributed by atoms with van der Waals surface area (Å²) in [5, 5.41) is 18.4. The maximum atomic E-state index is 10.6. The van der Waals surface area contributed by atoms with Crippen LogP contribution in [0.2, 0.25) is 0 Å². The van der Waals surface area contributed by atoms with E-state index in [2.05, 4.69) is 15.9 Å². The first-order valence-electron chi connectivity index (χ1n) is 4.36. The highest BCUT2D eigenvalue weighted by atomic mass is 79.9. The number of hydrogen-bond donors (Lipinski definition) is 3. The molecule has 1 rings (SSSR count). The van der Waals surface area contributed by atoms with E-state index in [-0.39, 0.29) is 0 Å². The summed E-state index contributed by atoms with van der Waals surface area (Å²) in [5.41, 5.74) is 6.67. The molecule has 4 N–H and O–H groups in total. The summed E-state index contributed by atoms with van der Waals surface area (Å²) in [4.78, 5) is 10.6. The van der Waals surface area contributed by atoms with Gasteiger partial charge in [0, 0.05) is 4.47 Å². The number of halogens is 1. The largest absolute Gasteiger partial charge is 0.480 e. The minimum Gasteiger partial charge on any atom is -0.480 e. The molecular formula is C10H12BrNO3. The average Bonchev–Trinajstić information content (AvgIpc) is 2.20. The Morgan fingerprint density at radius 3 is 2.67 bits per heavy atom. The molecule has 0 saturated heterocycles. The van der Waals surface area contributed by atoms with Crippen molar-refractivity contribution in [2.75, 3.05) is 0 Å². The van der Waals surface area contributed by atoms with E-state index in [1.165, 1.54) is 0 Å². The number of rotatable bonds is 3. The molecule has 2 atom stereocenters. The van der Waals surface area contributed by atoms with Gasteiger partial charge in [0.05, 0.1) is 0 Å². The smallest absolute Gasteiger partial charge is 0.323 e. The van der Waals surface area contributed by atoms with Gasteiger partial charge in [-0.2, -0.15) is 0 Å². The van der Waals surface area contributed by atoms with Gasteiger partial charge in [-0.15, -0.1) is 0 Å². The molecule has 1 aromatic carbocycles. The summed E-state index contributed by atoms with van der Waals surface area (Å²) in [6.45, 7) is 1.79. The van der Waals surface area contributed by atoms with Crippen molar-refractivity contribution in [3.8, 4) is 0 Å². The Kier molecular flexibility index (Phi) is 3.84. The van der Waals surface area contributed by atoms with Gasteiger partial charge in [0.25, 0.3) is 0 Å². The van der Waals surface area contributed by atoms with Crippen LogP contribution in [0.5, 0.6) is 0 Å². The lowest BCUT2D eigenvalue weighted by atomic mass is 9.98. The van der Waals surface area contributed by atoms with E-state index in [9.17, 15) is 9.90 Å². The molecule has 0 radical (unpaired) electrons. The highest BCUT2D eigenvalue weighted by molar-refractivity contribution is 9.10. The molecule has 2 unspecified atom stereocenters. The van der Waals surface area contributed by atoms with Gasteiger partial charge in [-0.3, -0.25) is 4.79 Å². The molecule has 0 aliphatic heterocycles. The minimum atomic E-state index is -1.31. The normalized spacial score (nSPS) is 14.7. The van der Waals surface area contributed by atoms with Gasteiger partial charge in [-0.05, 0) is 24.1 Å². The van der Waals surface area contributed by atoms with Gasteiger partial charge >= 0.3 is 5.97 Å². The number of carbonyl (C=O) groups is 1. The lowest BCUT2D eigenvalue weighted by molar-refractivity contribution is -0.141. The van der Waals surface area contributed by atoms with Crippen molar-refractivity contribution in [1.29, 1.82) is 0 Å². The summed E-state index contributed by atoms with van der Waals surface area (Å²) in [6.07, 6.45) is -1.19. The zero-order valence-electron chi connectivity index (χ0n) is 8.14.